The van der Waals surface area contributed by atoms with Crippen LogP contribution in [0.2, 0.25) is 0 Å². The zero-order chi connectivity index (χ0) is 25.4. The van der Waals surface area contributed by atoms with Crippen LogP contribution in [0.4, 0.5) is 0 Å². The number of carbonyl (C=O) groups is 1. The maximum Gasteiger partial charge on any atom is 0.323 e. The van der Waals surface area contributed by atoms with Crippen LogP contribution in [0, 0.1) is 5.92 Å². The van der Waals surface area contributed by atoms with Gasteiger partial charge < -0.3 is 24.8 Å². The molecule has 1 fully saturated rings. The van der Waals surface area contributed by atoms with Crippen molar-refractivity contribution in [2.75, 3.05) is 20.7 Å². The molecule has 0 spiro atoms. The molecule has 0 amide bonds. The number of unbranched alkanes of at least 4 members (excludes halogenated alkanes) is 2. The number of carbonyl (C=O) groups excluding carboxylic acids is 1. The van der Waals surface area contributed by atoms with E-state index in [0.29, 0.717) is 5.90 Å². The standard InChI is InChI=1S/C28H41N3O4/c1-6-7-8-9-20-10-12-21(13-11-20)24-16-22(27(30-4)35-24)17-31(5)25-15-14-23(34-25)18-33-28(32)26(29)19(2)3/h10-13,16-17,19,23,25-26H,6-9,14-15,18,29H2,1-5H3/b22-17-,30-27?. The number of esters is 1. The molecule has 7 nitrogen and oxygen atoms in total. The number of rotatable bonds is 11. The summed E-state index contributed by atoms with van der Waals surface area (Å²) in [5.41, 5.74) is 9.15. The Morgan fingerprint density at radius 1 is 1.26 bits per heavy atom. The molecule has 7 heteroatoms. The van der Waals surface area contributed by atoms with Gasteiger partial charge in [-0.2, -0.15) is 0 Å². The van der Waals surface area contributed by atoms with Gasteiger partial charge >= 0.3 is 5.97 Å². The first-order valence-corrected chi connectivity index (χ1v) is 12.8. The van der Waals surface area contributed by atoms with E-state index in [1.54, 1.807) is 7.05 Å². The topological polar surface area (TPSA) is 86.4 Å². The quantitative estimate of drug-likeness (QED) is 0.364. The Morgan fingerprint density at radius 2 is 2.00 bits per heavy atom. The summed E-state index contributed by atoms with van der Waals surface area (Å²) in [6.45, 7) is 6.26. The average Bonchev–Trinajstić information content (AvgIpc) is 3.49. The van der Waals surface area contributed by atoms with E-state index in [2.05, 4.69) is 36.2 Å². The van der Waals surface area contributed by atoms with E-state index in [0.717, 1.165) is 36.2 Å². The third-order valence-corrected chi connectivity index (χ3v) is 6.53. The third-order valence-electron chi connectivity index (χ3n) is 6.53. The molecular formula is C28H41N3O4. The van der Waals surface area contributed by atoms with Crippen molar-refractivity contribution in [1.82, 2.24) is 4.90 Å². The Labute approximate surface area is 210 Å². The molecule has 2 aliphatic heterocycles. The van der Waals surface area contributed by atoms with Gasteiger partial charge in [0.1, 0.15) is 24.6 Å². The normalized spacial score (nSPS) is 23.0. The molecule has 0 radical (unpaired) electrons. The molecule has 0 bridgehead atoms. The molecule has 0 aromatic heterocycles. The Kier molecular flexibility index (Phi) is 9.93. The molecule has 0 aliphatic carbocycles. The van der Waals surface area contributed by atoms with Gasteiger partial charge in [-0.3, -0.25) is 9.79 Å². The van der Waals surface area contributed by atoms with Crippen LogP contribution in [0.5, 0.6) is 0 Å². The van der Waals surface area contributed by atoms with Crippen molar-refractivity contribution in [2.24, 2.45) is 16.6 Å². The van der Waals surface area contributed by atoms with Crippen molar-refractivity contribution in [2.45, 2.75) is 77.7 Å². The number of aliphatic imine (C=N–C) groups is 1. The first-order chi connectivity index (χ1) is 16.8. The molecule has 3 atom stereocenters. The Balaban J connectivity index is 1.58. The summed E-state index contributed by atoms with van der Waals surface area (Å²) in [6.07, 6.45) is 10.3. The highest BCUT2D eigenvalue weighted by Gasteiger charge is 2.30. The fraction of sp³-hybridized carbons (Fsp3) is 0.571. The third kappa shape index (κ3) is 7.42. The van der Waals surface area contributed by atoms with E-state index in [4.69, 9.17) is 19.9 Å². The van der Waals surface area contributed by atoms with E-state index < -0.39 is 6.04 Å². The van der Waals surface area contributed by atoms with Crippen LogP contribution in [0.1, 0.15) is 64.0 Å². The van der Waals surface area contributed by atoms with E-state index in [1.165, 1.54) is 24.8 Å². The molecule has 1 aromatic rings. The molecule has 2 N–H and O–H groups in total. The minimum Gasteiger partial charge on any atom is -0.462 e. The minimum absolute atomic E-state index is 0.0437. The highest BCUT2D eigenvalue weighted by atomic mass is 16.6. The SMILES string of the molecule is CCCCCc1ccc(C2=C/C(=C/N(C)C3CCC(COC(=O)C(N)C(C)C)O3)C(=NC)O2)cc1. The van der Waals surface area contributed by atoms with Gasteiger partial charge in [-0.25, -0.2) is 0 Å². The van der Waals surface area contributed by atoms with Gasteiger partial charge in [-0.05, 0) is 43.2 Å². The van der Waals surface area contributed by atoms with Crippen LogP contribution in [0.15, 0.2) is 47.1 Å². The maximum atomic E-state index is 12.0. The Morgan fingerprint density at radius 3 is 2.66 bits per heavy atom. The van der Waals surface area contributed by atoms with Gasteiger partial charge in [-0.15, -0.1) is 0 Å². The molecule has 1 aromatic carbocycles. The van der Waals surface area contributed by atoms with Crippen LogP contribution in [-0.2, 0) is 25.4 Å². The van der Waals surface area contributed by atoms with Crippen molar-refractivity contribution < 1.29 is 19.0 Å². The second-order valence-electron chi connectivity index (χ2n) is 9.73. The predicted molar refractivity (Wildman–Crippen MR) is 140 cm³/mol. The number of aryl methyl sites for hydroxylation is 1. The summed E-state index contributed by atoms with van der Waals surface area (Å²) < 4.78 is 17.5. The van der Waals surface area contributed by atoms with Gasteiger partial charge in [0, 0.05) is 25.9 Å². The summed E-state index contributed by atoms with van der Waals surface area (Å²) in [5.74, 6) is 1.05. The molecule has 0 saturated carbocycles. The zero-order valence-corrected chi connectivity index (χ0v) is 21.8. The lowest BCUT2D eigenvalue weighted by molar-refractivity contribution is -0.151. The molecule has 1 saturated heterocycles. The summed E-state index contributed by atoms with van der Waals surface area (Å²) in [6, 6.07) is 7.99. The van der Waals surface area contributed by atoms with Crippen molar-refractivity contribution in [3.8, 4) is 0 Å². The Bertz CT molecular complexity index is 936. The van der Waals surface area contributed by atoms with Crippen LogP contribution in [0.25, 0.3) is 5.76 Å². The van der Waals surface area contributed by atoms with E-state index in [9.17, 15) is 4.79 Å². The summed E-state index contributed by atoms with van der Waals surface area (Å²) in [4.78, 5) is 18.4. The number of benzene rings is 1. The fourth-order valence-corrected chi connectivity index (χ4v) is 4.17. The number of hydrogen-bond donors (Lipinski definition) is 1. The Hall–Kier alpha value is -2.64. The van der Waals surface area contributed by atoms with Crippen LogP contribution >= 0.6 is 0 Å². The summed E-state index contributed by atoms with van der Waals surface area (Å²) >= 11 is 0. The summed E-state index contributed by atoms with van der Waals surface area (Å²) in [5, 5.41) is 0. The van der Waals surface area contributed by atoms with Gasteiger partial charge in [0.15, 0.2) is 0 Å². The molecule has 35 heavy (non-hydrogen) atoms. The van der Waals surface area contributed by atoms with Crippen molar-refractivity contribution in [3.05, 3.63) is 53.2 Å². The molecule has 192 valence electrons. The number of ether oxygens (including phenoxy) is 3. The van der Waals surface area contributed by atoms with Crippen LogP contribution in [0.3, 0.4) is 0 Å². The molecule has 3 rings (SSSR count). The minimum atomic E-state index is -0.605. The molecule has 2 heterocycles. The zero-order valence-electron chi connectivity index (χ0n) is 21.8. The van der Waals surface area contributed by atoms with Crippen molar-refractivity contribution in [1.29, 1.82) is 0 Å². The first kappa shape index (κ1) is 27.0. The van der Waals surface area contributed by atoms with E-state index in [1.807, 2.05) is 38.1 Å². The number of nitrogens with two attached hydrogens (primary N) is 1. The highest BCUT2D eigenvalue weighted by Crippen LogP contribution is 2.29. The lowest BCUT2D eigenvalue weighted by Gasteiger charge is -2.23. The largest absolute Gasteiger partial charge is 0.462 e. The van der Waals surface area contributed by atoms with Gasteiger partial charge in [0.05, 0.1) is 11.7 Å². The molecule has 2 aliphatic rings. The second-order valence-corrected chi connectivity index (χ2v) is 9.73. The second kappa shape index (κ2) is 12.9. The van der Waals surface area contributed by atoms with Crippen molar-refractivity contribution >= 4 is 17.6 Å². The number of nitrogens with zero attached hydrogens (tertiary/aromatic N) is 2. The lowest BCUT2D eigenvalue weighted by Crippen LogP contribution is -2.38. The number of hydrogen-bond acceptors (Lipinski definition) is 7. The molecule has 3 unspecified atom stereocenters. The maximum absolute atomic E-state index is 12.0. The fourth-order valence-electron chi connectivity index (χ4n) is 4.17. The summed E-state index contributed by atoms with van der Waals surface area (Å²) in [7, 11) is 3.71. The average molecular weight is 484 g/mol. The van der Waals surface area contributed by atoms with E-state index in [-0.39, 0.29) is 30.8 Å². The molecular weight excluding hydrogens is 442 g/mol. The monoisotopic (exact) mass is 483 g/mol. The van der Waals surface area contributed by atoms with Gasteiger partial charge in [0.2, 0.25) is 5.90 Å². The van der Waals surface area contributed by atoms with Gasteiger partial charge in [0.25, 0.3) is 0 Å². The predicted octanol–water partition coefficient (Wildman–Crippen LogP) is 4.67. The van der Waals surface area contributed by atoms with E-state index >= 15 is 0 Å². The first-order valence-electron chi connectivity index (χ1n) is 12.8. The van der Waals surface area contributed by atoms with Crippen molar-refractivity contribution in [3.63, 3.8) is 0 Å². The lowest BCUT2D eigenvalue weighted by atomic mass is 10.0. The van der Waals surface area contributed by atoms with Crippen LogP contribution in [-0.4, -0.2) is 55.8 Å². The van der Waals surface area contributed by atoms with Gasteiger partial charge in [-0.1, -0.05) is 57.9 Å². The highest BCUT2D eigenvalue weighted by molar-refractivity contribution is 6.04. The van der Waals surface area contributed by atoms with Crippen LogP contribution < -0.4 is 5.73 Å². The smallest absolute Gasteiger partial charge is 0.323 e.